The zero-order chi connectivity index (χ0) is 23.1. The van der Waals surface area contributed by atoms with E-state index in [-0.39, 0.29) is 23.1 Å². The Morgan fingerprint density at radius 1 is 1.03 bits per heavy atom. The molecule has 0 saturated carbocycles. The zero-order valence-corrected chi connectivity index (χ0v) is 19.3. The van der Waals surface area contributed by atoms with Crippen molar-refractivity contribution in [1.82, 2.24) is 0 Å². The van der Waals surface area contributed by atoms with E-state index >= 15 is 0 Å². The van der Waals surface area contributed by atoms with Crippen molar-refractivity contribution < 1.29 is 28.2 Å². The average molecular weight is 505 g/mol. The van der Waals surface area contributed by atoms with Gasteiger partial charge in [-0.1, -0.05) is 40.2 Å². The normalized spacial score (nSPS) is 13.8. The summed E-state index contributed by atoms with van der Waals surface area (Å²) in [7, 11) is 1.53. The monoisotopic (exact) mass is 504 g/mol. The third-order valence-electron chi connectivity index (χ3n) is 5.31. The van der Waals surface area contributed by atoms with Crippen molar-refractivity contribution in [2.75, 3.05) is 7.11 Å². The SMILES string of the molecule is COc1cccc2cc(C(=O)Oc3ccc4c(c3C)O/C(=C\c3cccc(Br)c3)C4=O)oc12. The molecule has 0 atom stereocenters. The van der Waals surface area contributed by atoms with Gasteiger partial charge >= 0.3 is 5.97 Å². The number of methoxy groups -OCH3 is 1. The van der Waals surface area contributed by atoms with E-state index in [4.69, 9.17) is 18.6 Å². The van der Waals surface area contributed by atoms with Gasteiger partial charge < -0.3 is 18.6 Å². The molecule has 0 spiro atoms. The van der Waals surface area contributed by atoms with Gasteiger partial charge in [0.1, 0.15) is 11.5 Å². The van der Waals surface area contributed by atoms with E-state index in [0.717, 1.165) is 15.4 Å². The fourth-order valence-electron chi connectivity index (χ4n) is 3.67. The minimum Gasteiger partial charge on any atom is -0.493 e. The summed E-state index contributed by atoms with van der Waals surface area (Å²) in [5, 5.41) is 0.725. The highest BCUT2D eigenvalue weighted by Crippen LogP contribution is 2.40. The van der Waals surface area contributed by atoms with Gasteiger partial charge in [-0.2, -0.15) is 0 Å². The van der Waals surface area contributed by atoms with Crippen LogP contribution in [-0.4, -0.2) is 18.9 Å². The average Bonchev–Trinajstić information content (AvgIpc) is 3.38. The second-order valence-electron chi connectivity index (χ2n) is 7.44. The molecule has 0 aliphatic carbocycles. The number of ether oxygens (including phenoxy) is 3. The Morgan fingerprint density at radius 3 is 2.64 bits per heavy atom. The number of allylic oxidation sites excluding steroid dienone is 1. The lowest BCUT2D eigenvalue weighted by atomic mass is 10.1. The molecular formula is C26H17BrO6. The first-order chi connectivity index (χ1) is 15.9. The number of esters is 1. The fourth-order valence-corrected chi connectivity index (χ4v) is 4.09. The number of rotatable bonds is 4. The molecule has 1 aliphatic rings. The van der Waals surface area contributed by atoms with Crippen LogP contribution in [0.3, 0.4) is 0 Å². The first kappa shape index (κ1) is 21.0. The maximum Gasteiger partial charge on any atom is 0.379 e. The van der Waals surface area contributed by atoms with Gasteiger partial charge in [0.15, 0.2) is 17.1 Å². The molecule has 0 saturated heterocycles. The summed E-state index contributed by atoms with van der Waals surface area (Å²) in [5.74, 6) is 0.541. The number of carbonyl (C=O) groups is 2. The standard InChI is InChI=1S/C26H17BrO6/c1-14-19(33-26(29)22-13-16-6-4-8-20(30-2)25(16)32-22)10-9-18-23(28)21(31-24(14)18)12-15-5-3-7-17(27)11-15/h3-13H,1-2H3/b21-12-. The summed E-state index contributed by atoms with van der Waals surface area (Å²) in [6.45, 7) is 1.73. The van der Waals surface area contributed by atoms with Crippen LogP contribution in [0.5, 0.6) is 17.2 Å². The Bertz CT molecular complexity index is 1460. The maximum atomic E-state index is 12.8. The number of furan rings is 1. The van der Waals surface area contributed by atoms with Gasteiger partial charge in [0.25, 0.3) is 0 Å². The number of fused-ring (bicyclic) bond motifs is 2. The van der Waals surface area contributed by atoms with E-state index in [2.05, 4.69) is 15.9 Å². The van der Waals surface area contributed by atoms with Crippen LogP contribution >= 0.6 is 15.9 Å². The van der Waals surface area contributed by atoms with Crippen molar-refractivity contribution in [3.8, 4) is 17.2 Å². The molecule has 33 heavy (non-hydrogen) atoms. The zero-order valence-electron chi connectivity index (χ0n) is 17.7. The fraction of sp³-hybridized carbons (Fsp3) is 0.0769. The predicted molar refractivity (Wildman–Crippen MR) is 126 cm³/mol. The molecule has 0 bridgehead atoms. The summed E-state index contributed by atoms with van der Waals surface area (Å²) in [5.41, 5.74) is 2.25. The van der Waals surface area contributed by atoms with Crippen LogP contribution in [-0.2, 0) is 0 Å². The highest BCUT2D eigenvalue weighted by atomic mass is 79.9. The maximum absolute atomic E-state index is 12.8. The summed E-state index contributed by atoms with van der Waals surface area (Å²) in [6.07, 6.45) is 1.68. The Hall–Kier alpha value is -3.84. The minimum atomic E-state index is -0.662. The lowest BCUT2D eigenvalue weighted by Crippen LogP contribution is -2.08. The van der Waals surface area contributed by atoms with Crippen molar-refractivity contribution in [2.24, 2.45) is 0 Å². The minimum absolute atomic E-state index is 0.0432. The molecule has 6 nitrogen and oxygen atoms in total. The summed E-state index contributed by atoms with van der Waals surface area (Å²) in [4.78, 5) is 25.6. The van der Waals surface area contributed by atoms with Crippen molar-refractivity contribution in [1.29, 1.82) is 0 Å². The second kappa shape index (κ2) is 8.26. The Balaban J connectivity index is 1.42. The van der Waals surface area contributed by atoms with E-state index in [1.165, 1.54) is 7.11 Å². The molecule has 0 unspecified atom stereocenters. The van der Waals surface area contributed by atoms with Crippen molar-refractivity contribution in [3.63, 3.8) is 0 Å². The summed E-state index contributed by atoms with van der Waals surface area (Å²) < 4.78 is 23.3. The van der Waals surface area contributed by atoms with Gasteiger partial charge in [-0.15, -0.1) is 0 Å². The van der Waals surface area contributed by atoms with Gasteiger partial charge in [-0.05, 0) is 55.0 Å². The van der Waals surface area contributed by atoms with Gasteiger partial charge in [0, 0.05) is 15.4 Å². The van der Waals surface area contributed by atoms with Crippen molar-refractivity contribution >= 4 is 44.7 Å². The number of para-hydroxylation sites is 1. The van der Waals surface area contributed by atoms with Gasteiger partial charge in [0.05, 0.1) is 12.7 Å². The Labute approximate surface area is 197 Å². The van der Waals surface area contributed by atoms with E-state index in [0.29, 0.717) is 28.2 Å². The van der Waals surface area contributed by atoms with E-state index in [1.807, 2.05) is 36.4 Å². The van der Waals surface area contributed by atoms with Crippen LogP contribution in [0.15, 0.2) is 75.3 Å². The molecule has 4 aromatic rings. The highest BCUT2D eigenvalue weighted by Gasteiger charge is 2.31. The third kappa shape index (κ3) is 3.81. The topological polar surface area (TPSA) is 75.0 Å². The molecule has 1 aromatic heterocycles. The number of benzene rings is 3. The molecule has 0 N–H and O–H groups in total. The molecule has 0 radical (unpaired) electrons. The molecular weight excluding hydrogens is 488 g/mol. The third-order valence-corrected chi connectivity index (χ3v) is 5.81. The van der Waals surface area contributed by atoms with Crippen LogP contribution < -0.4 is 14.2 Å². The number of Topliss-reactive ketones (excluding diaryl/α,β-unsaturated/α-hetero) is 1. The molecule has 3 aromatic carbocycles. The molecule has 164 valence electrons. The molecule has 1 aliphatic heterocycles. The lowest BCUT2D eigenvalue weighted by molar-refractivity contribution is 0.0702. The number of hydrogen-bond donors (Lipinski definition) is 0. The number of hydrogen-bond acceptors (Lipinski definition) is 6. The number of carbonyl (C=O) groups excluding carboxylic acids is 2. The quantitative estimate of drug-likeness (QED) is 0.183. The Kier molecular flexibility index (Phi) is 5.26. The number of ketones is 1. The molecule has 0 amide bonds. The second-order valence-corrected chi connectivity index (χ2v) is 8.35. The Morgan fingerprint density at radius 2 is 1.85 bits per heavy atom. The molecule has 0 fully saturated rings. The summed E-state index contributed by atoms with van der Waals surface area (Å²) in [6, 6.07) is 17.7. The van der Waals surface area contributed by atoms with Crippen LogP contribution in [0.1, 0.15) is 32.0 Å². The first-order valence-electron chi connectivity index (χ1n) is 10.1. The molecule has 2 heterocycles. The molecule has 7 heteroatoms. The van der Waals surface area contributed by atoms with Gasteiger partial charge in [0.2, 0.25) is 11.5 Å². The summed E-state index contributed by atoms with van der Waals surface area (Å²) >= 11 is 3.42. The predicted octanol–water partition coefficient (Wildman–Crippen LogP) is 6.35. The molecule has 5 rings (SSSR count). The van der Waals surface area contributed by atoms with Crippen LogP contribution in [0.2, 0.25) is 0 Å². The largest absolute Gasteiger partial charge is 0.493 e. The van der Waals surface area contributed by atoms with E-state index in [1.54, 1.807) is 37.3 Å². The van der Waals surface area contributed by atoms with Crippen molar-refractivity contribution in [3.05, 3.63) is 93.3 Å². The van der Waals surface area contributed by atoms with Crippen LogP contribution in [0.4, 0.5) is 0 Å². The van der Waals surface area contributed by atoms with Gasteiger partial charge in [-0.3, -0.25) is 4.79 Å². The number of halogens is 1. The van der Waals surface area contributed by atoms with E-state index in [9.17, 15) is 9.59 Å². The first-order valence-corrected chi connectivity index (χ1v) is 10.9. The van der Waals surface area contributed by atoms with Crippen LogP contribution in [0.25, 0.3) is 17.0 Å². The van der Waals surface area contributed by atoms with Crippen LogP contribution in [0, 0.1) is 6.92 Å². The lowest BCUT2D eigenvalue weighted by Gasteiger charge is -2.09. The van der Waals surface area contributed by atoms with Gasteiger partial charge in [-0.25, -0.2) is 4.79 Å². The smallest absolute Gasteiger partial charge is 0.379 e. The highest BCUT2D eigenvalue weighted by molar-refractivity contribution is 9.10. The van der Waals surface area contributed by atoms with Crippen molar-refractivity contribution in [2.45, 2.75) is 6.92 Å². The van der Waals surface area contributed by atoms with E-state index < -0.39 is 5.97 Å².